The van der Waals surface area contributed by atoms with E-state index in [1.807, 2.05) is 12.1 Å². The summed E-state index contributed by atoms with van der Waals surface area (Å²) in [5.74, 6) is 0.202. The molecule has 1 aliphatic heterocycles. The molecule has 0 aromatic heterocycles. The Balaban J connectivity index is 1.90. The molecule has 1 aromatic carbocycles. The zero-order chi connectivity index (χ0) is 13.0. The maximum Gasteiger partial charge on any atom is 0.267 e. The lowest BCUT2D eigenvalue weighted by Gasteiger charge is -2.14. The van der Waals surface area contributed by atoms with Crippen molar-refractivity contribution in [3.05, 3.63) is 29.8 Å². The number of ether oxygens (including phenoxy) is 1. The quantitative estimate of drug-likeness (QED) is 0.850. The summed E-state index contributed by atoms with van der Waals surface area (Å²) in [4.78, 5) is 24.4. The fourth-order valence-corrected chi connectivity index (χ4v) is 1.90. The molecule has 0 radical (unpaired) electrons. The minimum Gasteiger partial charge on any atom is -0.484 e. The summed E-state index contributed by atoms with van der Waals surface area (Å²) >= 11 is 0. The molecule has 2 rings (SSSR count). The van der Waals surface area contributed by atoms with Crippen LogP contribution in [0.15, 0.2) is 24.3 Å². The van der Waals surface area contributed by atoms with Gasteiger partial charge in [-0.1, -0.05) is 12.1 Å². The first-order chi connectivity index (χ1) is 8.70. The van der Waals surface area contributed by atoms with Crippen LogP contribution in [-0.4, -0.2) is 29.9 Å². The number of rotatable bonds is 4. The van der Waals surface area contributed by atoms with Crippen LogP contribution in [0.2, 0.25) is 0 Å². The van der Waals surface area contributed by atoms with Crippen LogP contribution < -0.4 is 10.5 Å². The van der Waals surface area contributed by atoms with Crippen LogP contribution in [0.3, 0.4) is 0 Å². The minimum absolute atomic E-state index is 0.111. The molecular weight excluding hydrogens is 232 g/mol. The molecular formula is C13H16N2O3. The van der Waals surface area contributed by atoms with Gasteiger partial charge in [-0.3, -0.25) is 14.5 Å². The molecule has 0 bridgehead atoms. The number of benzene rings is 1. The lowest BCUT2D eigenvalue weighted by molar-refractivity contribution is -0.143. The minimum atomic E-state index is -0.282. The highest BCUT2D eigenvalue weighted by Gasteiger charge is 2.26. The fraction of sp³-hybridized carbons (Fsp3) is 0.385. The normalized spacial score (nSPS) is 14.9. The van der Waals surface area contributed by atoms with Crippen LogP contribution >= 0.6 is 0 Å². The van der Waals surface area contributed by atoms with Gasteiger partial charge in [0.25, 0.3) is 5.91 Å². The van der Waals surface area contributed by atoms with Crippen molar-refractivity contribution in [1.82, 2.24) is 4.90 Å². The Labute approximate surface area is 106 Å². The Morgan fingerprint density at radius 3 is 2.94 bits per heavy atom. The third-order valence-electron chi connectivity index (χ3n) is 2.87. The summed E-state index contributed by atoms with van der Waals surface area (Å²) in [5, 5.41) is 0. The Morgan fingerprint density at radius 1 is 1.44 bits per heavy atom. The lowest BCUT2D eigenvalue weighted by atomic mass is 10.2. The van der Waals surface area contributed by atoms with E-state index in [9.17, 15) is 9.59 Å². The second-order valence-corrected chi connectivity index (χ2v) is 4.18. The van der Waals surface area contributed by atoms with Gasteiger partial charge in [0.05, 0.1) is 0 Å². The number of hydrogen-bond acceptors (Lipinski definition) is 4. The predicted molar refractivity (Wildman–Crippen MR) is 65.8 cm³/mol. The van der Waals surface area contributed by atoms with Gasteiger partial charge in [-0.2, -0.15) is 0 Å². The number of carbonyl (C=O) groups excluding carboxylic acids is 2. The maximum absolute atomic E-state index is 11.7. The Morgan fingerprint density at radius 2 is 2.28 bits per heavy atom. The van der Waals surface area contributed by atoms with Gasteiger partial charge in [0, 0.05) is 19.5 Å². The second kappa shape index (κ2) is 5.64. The van der Waals surface area contributed by atoms with Gasteiger partial charge in [0.1, 0.15) is 5.75 Å². The number of amides is 2. The van der Waals surface area contributed by atoms with Crippen molar-refractivity contribution >= 4 is 11.8 Å². The number of nitrogens with two attached hydrogens (primary N) is 1. The topological polar surface area (TPSA) is 72.6 Å². The molecule has 1 heterocycles. The van der Waals surface area contributed by atoms with Gasteiger partial charge in [-0.15, -0.1) is 0 Å². The second-order valence-electron chi connectivity index (χ2n) is 4.18. The summed E-state index contributed by atoms with van der Waals surface area (Å²) in [6.45, 7) is 0.819. The zero-order valence-corrected chi connectivity index (χ0v) is 10.1. The largest absolute Gasteiger partial charge is 0.484 e. The maximum atomic E-state index is 11.7. The SMILES string of the molecule is NCc1cccc(OCC(=O)N2CCCC2=O)c1. The highest BCUT2D eigenvalue weighted by atomic mass is 16.5. The molecule has 0 unspecified atom stereocenters. The van der Waals surface area contributed by atoms with Crippen molar-refractivity contribution < 1.29 is 14.3 Å². The van der Waals surface area contributed by atoms with Crippen LogP contribution in [0.4, 0.5) is 0 Å². The molecule has 5 nitrogen and oxygen atoms in total. The Kier molecular flexibility index (Phi) is 3.94. The van der Waals surface area contributed by atoms with Crippen LogP contribution in [0.25, 0.3) is 0 Å². The van der Waals surface area contributed by atoms with Gasteiger partial charge >= 0.3 is 0 Å². The van der Waals surface area contributed by atoms with E-state index in [0.717, 1.165) is 12.0 Å². The highest BCUT2D eigenvalue weighted by Crippen LogP contribution is 2.14. The van der Waals surface area contributed by atoms with E-state index in [4.69, 9.17) is 10.5 Å². The van der Waals surface area contributed by atoms with E-state index >= 15 is 0 Å². The molecule has 0 aliphatic carbocycles. The predicted octanol–water partition coefficient (Wildman–Crippen LogP) is 0.673. The van der Waals surface area contributed by atoms with E-state index in [1.54, 1.807) is 12.1 Å². The standard InChI is InChI=1S/C13H16N2O3/c14-8-10-3-1-4-11(7-10)18-9-13(17)15-6-2-5-12(15)16/h1,3-4,7H,2,5-6,8-9,14H2. The van der Waals surface area contributed by atoms with Gasteiger partial charge in [-0.25, -0.2) is 0 Å². The summed E-state index contributed by atoms with van der Waals surface area (Å²) in [6, 6.07) is 7.26. The third-order valence-corrected chi connectivity index (χ3v) is 2.87. The number of likely N-dealkylation sites (tertiary alicyclic amines) is 1. The van der Waals surface area contributed by atoms with Crippen molar-refractivity contribution in [2.75, 3.05) is 13.2 Å². The van der Waals surface area contributed by atoms with E-state index in [0.29, 0.717) is 25.3 Å². The number of carbonyl (C=O) groups is 2. The number of nitrogens with zero attached hydrogens (tertiary/aromatic N) is 1. The highest BCUT2D eigenvalue weighted by molar-refractivity contribution is 5.97. The first-order valence-electron chi connectivity index (χ1n) is 5.95. The third kappa shape index (κ3) is 2.87. The molecule has 0 spiro atoms. The average molecular weight is 248 g/mol. The van der Waals surface area contributed by atoms with Crippen molar-refractivity contribution in [1.29, 1.82) is 0 Å². The fourth-order valence-electron chi connectivity index (χ4n) is 1.90. The number of hydrogen-bond donors (Lipinski definition) is 1. The number of imide groups is 1. The van der Waals surface area contributed by atoms with Crippen molar-refractivity contribution in [3.8, 4) is 5.75 Å². The molecule has 5 heteroatoms. The summed E-state index contributed by atoms with van der Waals surface area (Å²) < 4.78 is 5.37. The molecule has 1 aromatic rings. The molecule has 1 fully saturated rings. The molecule has 2 N–H and O–H groups in total. The van der Waals surface area contributed by atoms with Gasteiger partial charge in [0.15, 0.2) is 6.61 Å². The first kappa shape index (κ1) is 12.6. The monoisotopic (exact) mass is 248 g/mol. The summed E-state index contributed by atoms with van der Waals surface area (Å²) in [5.41, 5.74) is 6.46. The van der Waals surface area contributed by atoms with Crippen molar-refractivity contribution in [3.63, 3.8) is 0 Å². The van der Waals surface area contributed by atoms with Gasteiger partial charge in [-0.05, 0) is 24.1 Å². The lowest BCUT2D eigenvalue weighted by Crippen LogP contribution is -2.35. The smallest absolute Gasteiger partial charge is 0.267 e. The van der Waals surface area contributed by atoms with Gasteiger partial charge < -0.3 is 10.5 Å². The molecule has 0 atom stereocenters. The molecule has 96 valence electrons. The van der Waals surface area contributed by atoms with E-state index in [2.05, 4.69) is 0 Å². The molecule has 0 saturated carbocycles. The average Bonchev–Trinajstić information content (AvgIpc) is 2.82. The van der Waals surface area contributed by atoms with Crippen LogP contribution in [0.5, 0.6) is 5.75 Å². The summed E-state index contributed by atoms with van der Waals surface area (Å²) in [7, 11) is 0. The zero-order valence-electron chi connectivity index (χ0n) is 10.1. The molecule has 1 aliphatic rings. The summed E-state index contributed by atoms with van der Waals surface area (Å²) in [6.07, 6.45) is 1.20. The van der Waals surface area contributed by atoms with E-state index in [1.165, 1.54) is 4.90 Å². The first-order valence-corrected chi connectivity index (χ1v) is 5.95. The van der Waals surface area contributed by atoms with Crippen molar-refractivity contribution in [2.45, 2.75) is 19.4 Å². The molecule has 18 heavy (non-hydrogen) atoms. The van der Waals surface area contributed by atoms with Crippen LogP contribution in [0.1, 0.15) is 18.4 Å². The van der Waals surface area contributed by atoms with E-state index in [-0.39, 0.29) is 18.4 Å². The Bertz CT molecular complexity index is 459. The van der Waals surface area contributed by atoms with Gasteiger partial charge in [0.2, 0.25) is 5.91 Å². The molecule has 2 amide bonds. The Hall–Kier alpha value is -1.88. The van der Waals surface area contributed by atoms with Crippen LogP contribution in [-0.2, 0) is 16.1 Å². The van der Waals surface area contributed by atoms with E-state index < -0.39 is 0 Å². The van der Waals surface area contributed by atoms with Crippen LogP contribution in [0, 0.1) is 0 Å². The molecule has 1 saturated heterocycles. The van der Waals surface area contributed by atoms with Crippen molar-refractivity contribution in [2.24, 2.45) is 5.73 Å².